The van der Waals surface area contributed by atoms with Gasteiger partial charge in [0.15, 0.2) is 0 Å². The molecule has 7 heteroatoms. The van der Waals surface area contributed by atoms with Crippen molar-refractivity contribution < 1.29 is 4.74 Å². The number of aromatic nitrogens is 4. The van der Waals surface area contributed by atoms with E-state index >= 15 is 0 Å². The summed E-state index contributed by atoms with van der Waals surface area (Å²) in [6, 6.07) is 12.0. The van der Waals surface area contributed by atoms with Crippen LogP contribution in [0.5, 0.6) is 5.88 Å². The number of thiophene rings is 1. The molecule has 0 saturated carbocycles. The molecule has 0 spiro atoms. The first-order valence-corrected chi connectivity index (χ1v) is 8.18. The predicted molar refractivity (Wildman–Crippen MR) is 91.8 cm³/mol. The summed E-state index contributed by atoms with van der Waals surface area (Å²) in [6.45, 7) is 2.31. The summed E-state index contributed by atoms with van der Waals surface area (Å²) < 4.78 is 6.49. The minimum Gasteiger partial charge on any atom is -0.477 e. The number of hydrogen-bond donors (Lipinski definition) is 0. The standard InChI is InChI=1S/C17H11N5OS/c1-2-23-16-11(8-18)13(10-6-4-3-5-7-10)14-15-12(9-19-22-21-15)24-17(14)20-16/h3-7,9H,2H2,1H3. The normalized spacial score (nSPS) is 10.8. The SMILES string of the molecule is CCOc1nc2sc3cnnnc3c2c(-c2ccccc2)c1C#N. The van der Waals surface area contributed by atoms with E-state index in [1.54, 1.807) is 6.20 Å². The Bertz CT molecular complexity index is 1080. The van der Waals surface area contributed by atoms with Crippen LogP contribution in [0.4, 0.5) is 0 Å². The van der Waals surface area contributed by atoms with Crippen molar-refractivity contribution in [2.24, 2.45) is 0 Å². The highest BCUT2D eigenvalue weighted by atomic mass is 32.1. The van der Waals surface area contributed by atoms with Crippen LogP contribution in [0.1, 0.15) is 12.5 Å². The van der Waals surface area contributed by atoms with Crippen LogP contribution in [0.15, 0.2) is 36.5 Å². The van der Waals surface area contributed by atoms with E-state index in [1.807, 2.05) is 37.3 Å². The van der Waals surface area contributed by atoms with Gasteiger partial charge in [0.2, 0.25) is 5.88 Å². The lowest BCUT2D eigenvalue weighted by Gasteiger charge is -2.11. The second-order valence-corrected chi connectivity index (χ2v) is 6.04. The minimum absolute atomic E-state index is 0.346. The summed E-state index contributed by atoms with van der Waals surface area (Å²) in [5.41, 5.74) is 2.81. The summed E-state index contributed by atoms with van der Waals surface area (Å²) in [5, 5.41) is 22.3. The van der Waals surface area contributed by atoms with Gasteiger partial charge in [0.25, 0.3) is 0 Å². The van der Waals surface area contributed by atoms with E-state index in [1.165, 1.54) is 11.3 Å². The third-order valence-corrected chi connectivity index (χ3v) is 4.64. The lowest BCUT2D eigenvalue weighted by molar-refractivity contribution is 0.327. The molecule has 0 unspecified atom stereocenters. The Morgan fingerprint density at radius 1 is 1.25 bits per heavy atom. The third kappa shape index (κ3) is 2.16. The molecule has 4 rings (SSSR count). The summed E-state index contributed by atoms with van der Waals surface area (Å²) in [4.78, 5) is 5.30. The Kier molecular flexibility index (Phi) is 3.52. The summed E-state index contributed by atoms with van der Waals surface area (Å²) in [6.07, 6.45) is 1.66. The number of hydrogen-bond acceptors (Lipinski definition) is 7. The zero-order valence-corrected chi connectivity index (χ0v) is 13.5. The van der Waals surface area contributed by atoms with E-state index in [9.17, 15) is 5.26 Å². The van der Waals surface area contributed by atoms with Gasteiger partial charge in [0.1, 0.15) is 22.0 Å². The van der Waals surface area contributed by atoms with Crippen LogP contribution in [0.3, 0.4) is 0 Å². The first-order valence-electron chi connectivity index (χ1n) is 7.36. The largest absolute Gasteiger partial charge is 0.477 e. The molecular formula is C17H11N5OS. The molecule has 0 atom stereocenters. The van der Waals surface area contributed by atoms with Crippen LogP contribution in [0.25, 0.3) is 31.6 Å². The lowest BCUT2D eigenvalue weighted by atomic mass is 9.98. The quantitative estimate of drug-likeness (QED) is 0.570. The minimum atomic E-state index is 0.346. The van der Waals surface area contributed by atoms with Crippen molar-refractivity contribution in [3.05, 3.63) is 42.1 Å². The number of fused-ring (bicyclic) bond motifs is 3. The Hall–Kier alpha value is -3.11. The number of benzene rings is 1. The highest BCUT2D eigenvalue weighted by molar-refractivity contribution is 7.25. The van der Waals surface area contributed by atoms with Crippen LogP contribution < -0.4 is 4.74 Å². The van der Waals surface area contributed by atoms with E-state index in [2.05, 4.69) is 26.5 Å². The van der Waals surface area contributed by atoms with E-state index in [4.69, 9.17) is 4.74 Å². The molecule has 0 amide bonds. The monoisotopic (exact) mass is 333 g/mol. The predicted octanol–water partition coefficient (Wildman–Crippen LogP) is 3.57. The van der Waals surface area contributed by atoms with Crippen LogP contribution in [-0.4, -0.2) is 27.0 Å². The molecule has 3 heterocycles. The highest BCUT2D eigenvalue weighted by Crippen LogP contribution is 2.42. The zero-order valence-electron chi connectivity index (χ0n) is 12.7. The van der Waals surface area contributed by atoms with E-state index < -0.39 is 0 Å². The van der Waals surface area contributed by atoms with Gasteiger partial charge >= 0.3 is 0 Å². The van der Waals surface area contributed by atoms with Gasteiger partial charge in [-0.1, -0.05) is 30.3 Å². The number of nitrogens with zero attached hydrogens (tertiary/aromatic N) is 5. The Labute approximate surface area is 141 Å². The van der Waals surface area contributed by atoms with Gasteiger partial charge in [0.05, 0.1) is 17.5 Å². The third-order valence-electron chi connectivity index (χ3n) is 3.63. The van der Waals surface area contributed by atoms with E-state index in [0.29, 0.717) is 23.6 Å². The molecule has 0 N–H and O–H groups in total. The van der Waals surface area contributed by atoms with Gasteiger partial charge < -0.3 is 4.74 Å². The second-order valence-electron chi connectivity index (χ2n) is 5.01. The average molecular weight is 333 g/mol. The molecule has 0 fully saturated rings. The molecule has 3 aromatic heterocycles. The summed E-state index contributed by atoms with van der Waals surface area (Å²) >= 11 is 1.46. The molecule has 1 aromatic carbocycles. The maximum Gasteiger partial charge on any atom is 0.233 e. The van der Waals surface area contributed by atoms with Crippen molar-refractivity contribution in [3.63, 3.8) is 0 Å². The molecule has 116 valence electrons. The molecule has 0 bridgehead atoms. The molecule has 4 aromatic rings. The average Bonchev–Trinajstić information content (AvgIpc) is 2.99. The molecule has 0 aliphatic heterocycles. The van der Waals surface area contributed by atoms with Crippen molar-refractivity contribution in [2.45, 2.75) is 6.92 Å². The maximum absolute atomic E-state index is 9.74. The fraction of sp³-hybridized carbons (Fsp3) is 0.118. The molecule has 24 heavy (non-hydrogen) atoms. The van der Waals surface area contributed by atoms with Crippen molar-refractivity contribution in [3.8, 4) is 23.1 Å². The second kappa shape index (κ2) is 5.83. The number of ether oxygens (including phenoxy) is 1. The Morgan fingerprint density at radius 2 is 2.08 bits per heavy atom. The van der Waals surface area contributed by atoms with Crippen molar-refractivity contribution in [1.29, 1.82) is 5.26 Å². The number of rotatable bonds is 3. The fourth-order valence-electron chi connectivity index (χ4n) is 2.69. The highest BCUT2D eigenvalue weighted by Gasteiger charge is 2.22. The van der Waals surface area contributed by atoms with Crippen molar-refractivity contribution in [1.82, 2.24) is 20.4 Å². The van der Waals surface area contributed by atoms with Crippen molar-refractivity contribution in [2.75, 3.05) is 6.61 Å². The summed E-state index contributed by atoms with van der Waals surface area (Å²) in [5.74, 6) is 0.346. The number of nitriles is 1. The van der Waals surface area contributed by atoms with Gasteiger partial charge in [-0.25, -0.2) is 4.98 Å². The molecule has 0 saturated heterocycles. The topological polar surface area (TPSA) is 84.6 Å². The van der Waals surface area contributed by atoms with Gasteiger partial charge in [0, 0.05) is 10.9 Å². The van der Waals surface area contributed by atoms with Gasteiger partial charge in [-0.15, -0.1) is 21.5 Å². The molecule has 0 aliphatic rings. The van der Waals surface area contributed by atoms with E-state index in [0.717, 1.165) is 26.0 Å². The Balaban J connectivity index is 2.21. The molecule has 0 aliphatic carbocycles. The van der Waals surface area contributed by atoms with Crippen LogP contribution in [0, 0.1) is 11.3 Å². The van der Waals surface area contributed by atoms with Gasteiger partial charge in [-0.05, 0) is 17.7 Å². The zero-order chi connectivity index (χ0) is 16.5. The Morgan fingerprint density at radius 3 is 2.83 bits per heavy atom. The van der Waals surface area contributed by atoms with Gasteiger partial charge in [-0.3, -0.25) is 0 Å². The summed E-state index contributed by atoms with van der Waals surface area (Å²) in [7, 11) is 0. The van der Waals surface area contributed by atoms with Crippen molar-refractivity contribution >= 4 is 31.8 Å². The molecule has 0 radical (unpaired) electrons. The van der Waals surface area contributed by atoms with Crippen LogP contribution >= 0.6 is 11.3 Å². The smallest absolute Gasteiger partial charge is 0.233 e. The van der Waals surface area contributed by atoms with E-state index in [-0.39, 0.29) is 0 Å². The van der Waals surface area contributed by atoms with Crippen LogP contribution in [-0.2, 0) is 0 Å². The molecule has 6 nitrogen and oxygen atoms in total. The molecular weight excluding hydrogens is 322 g/mol. The fourth-order valence-corrected chi connectivity index (χ4v) is 3.66. The number of pyridine rings is 1. The van der Waals surface area contributed by atoms with Crippen LogP contribution in [0.2, 0.25) is 0 Å². The lowest BCUT2D eigenvalue weighted by Crippen LogP contribution is -2.00. The first kappa shape index (κ1) is 14.5. The maximum atomic E-state index is 9.74. The first-order chi connectivity index (χ1) is 11.8. The van der Waals surface area contributed by atoms with Gasteiger partial charge in [-0.2, -0.15) is 5.26 Å².